The lowest BCUT2D eigenvalue weighted by Crippen LogP contribution is -2.85. The van der Waals surface area contributed by atoms with Crippen molar-refractivity contribution in [3.8, 4) is 11.5 Å². The Kier molecular flexibility index (Phi) is 4.97. The van der Waals surface area contributed by atoms with E-state index in [2.05, 4.69) is 29.4 Å². The van der Waals surface area contributed by atoms with Gasteiger partial charge in [0.1, 0.15) is 6.04 Å². The van der Waals surface area contributed by atoms with Gasteiger partial charge in [0.2, 0.25) is 5.89 Å². The number of hydrogen-bond donors (Lipinski definition) is 1. The largest absolute Gasteiger partial charge is 0.415 e. The van der Waals surface area contributed by atoms with E-state index in [-0.39, 0.29) is 12.1 Å². The molecule has 0 saturated heterocycles. The van der Waals surface area contributed by atoms with Gasteiger partial charge in [-0.2, -0.15) is 0 Å². The van der Waals surface area contributed by atoms with Crippen LogP contribution in [0, 0.1) is 6.92 Å². The lowest BCUT2D eigenvalue weighted by Gasteiger charge is -2.14. The quantitative estimate of drug-likeness (QED) is 0.760. The molecule has 2 N–H and O–H groups in total. The van der Waals surface area contributed by atoms with Crippen LogP contribution < -0.4 is 5.32 Å². The van der Waals surface area contributed by atoms with Crippen LogP contribution in [-0.4, -0.2) is 10.2 Å². The molecule has 3 aromatic rings. The monoisotopic (exact) mass is 342 g/mol. The Hall–Kier alpha value is -2.17. The van der Waals surface area contributed by atoms with E-state index in [9.17, 15) is 0 Å². The fraction of sp³-hybridized carbons (Fsp3) is 0.263. The summed E-state index contributed by atoms with van der Waals surface area (Å²) in [4.78, 5) is 0. The summed E-state index contributed by atoms with van der Waals surface area (Å²) in [5, 5.41) is 11.4. The molecule has 0 aliphatic heterocycles. The predicted molar refractivity (Wildman–Crippen MR) is 94.7 cm³/mol. The van der Waals surface area contributed by atoms with Gasteiger partial charge >= 0.3 is 0 Å². The highest BCUT2D eigenvalue weighted by molar-refractivity contribution is 6.30. The Balaban J connectivity index is 1.71. The van der Waals surface area contributed by atoms with Gasteiger partial charge in [-0.3, -0.25) is 0 Å². The van der Waals surface area contributed by atoms with Crippen molar-refractivity contribution in [3.63, 3.8) is 0 Å². The molecule has 2 atom stereocenters. The highest BCUT2D eigenvalue weighted by atomic mass is 35.5. The maximum Gasteiger partial charge on any atom is 0.274 e. The molecule has 4 nitrogen and oxygen atoms in total. The molecule has 124 valence electrons. The van der Waals surface area contributed by atoms with Crippen LogP contribution in [-0.2, 0) is 0 Å². The lowest BCUT2D eigenvalue weighted by molar-refractivity contribution is -0.730. The fourth-order valence-electron chi connectivity index (χ4n) is 2.71. The van der Waals surface area contributed by atoms with Crippen LogP contribution in [0.3, 0.4) is 0 Å². The molecule has 3 rings (SSSR count). The summed E-state index contributed by atoms with van der Waals surface area (Å²) in [5.74, 6) is 1.19. The third-order valence-corrected chi connectivity index (χ3v) is 4.32. The van der Waals surface area contributed by atoms with Crippen molar-refractivity contribution >= 4 is 11.6 Å². The first kappa shape index (κ1) is 16.7. The van der Waals surface area contributed by atoms with Crippen LogP contribution in [0.4, 0.5) is 0 Å². The molecule has 0 unspecified atom stereocenters. The molecule has 0 aliphatic rings. The zero-order chi connectivity index (χ0) is 17.1. The molecular weight excluding hydrogens is 322 g/mol. The van der Waals surface area contributed by atoms with Crippen LogP contribution in [0.25, 0.3) is 11.5 Å². The van der Waals surface area contributed by atoms with E-state index in [4.69, 9.17) is 16.0 Å². The van der Waals surface area contributed by atoms with E-state index in [0.29, 0.717) is 11.8 Å². The molecule has 24 heavy (non-hydrogen) atoms. The molecule has 0 spiro atoms. The van der Waals surface area contributed by atoms with Crippen molar-refractivity contribution in [2.75, 3.05) is 0 Å². The van der Waals surface area contributed by atoms with Crippen molar-refractivity contribution in [2.24, 2.45) is 0 Å². The second-order valence-electron chi connectivity index (χ2n) is 6.14. The van der Waals surface area contributed by atoms with Gasteiger partial charge in [0.15, 0.2) is 6.04 Å². The SMILES string of the molecule is Cc1cccc(-c2nnc([C@H](C)[NH2+][C@H](C)c3ccc(Cl)cc3)o2)c1. The van der Waals surface area contributed by atoms with Crippen molar-refractivity contribution in [2.45, 2.75) is 32.9 Å². The summed E-state index contributed by atoms with van der Waals surface area (Å²) < 4.78 is 5.87. The minimum absolute atomic E-state index is 0.0711. The molecule has 2 aromatic carbocycles. The molecule has 1 heterocycles. The smallest absolute Gasteiger partial charge is 0.274 e. The number of halogens is 1. The van der Waals surface area contributed by atoms with E-state index >= 15 is 0 Å². The topological polar surface area (TPSA) is 55.5 Å². The average Bonchev–Trinajstić information content (AvgIpc) is 3.05. The van der Waals surface area contributed by atoms with E-state index < -0.39 is 0 Å². The normalized spacial score (nSPS) is 13.7. The zero-order valence-electron chi connectivity index (χ0n) is 14.0. The fourth-order valence-corrected chi connectivity index (χ4v) is 2.83. The number of nitrogens with two attached hydrogens (primary N) is 1. The van der Waals surface area contributed by atoms with Gasteiger partial charge in [0.05, 0.1) is 0 Å². The highest BCUT2D eigenvalue weighted by Gasteiger charge is 2.21. The minimum Gasteiger partial charge on any atom is -0.415 e. The Bertz CT molecular complexity index is 813. The summed E-state index contributed by atoms with van der Waals surface area (Å²) >= 11 is 5.95. The van der Waals surface area contributed by atoms with Crippen LogP contribution in [0.1, 0.15) is 42.9 Å². The number of benzene rings is 2. The predicted octanol–water partition coefficient (Wildman–Crippen LogP) is 4.08. The molecule has 0 fully saturated rings. The number of aryl methyl sites for hydroxylation is 1. The van der Waals surface area contributed by atoms with E-state index in [1.54, 1.807) is 0 Å². The Labute approximate surface area is 146 Å². The number of rotatable bonds is 5. The summed E-state index contributed by atoms with van der Waals surface area (Å²) in [5.41, 5.74) is 3.33. The van der Waals surface area contributed by atoms with Crippen molar-refractivity contribution in [1.82, 2.24) is 10.2 Å². The maximum atomic E-state index is 5.95. The number of nitrogens with zero attached hydrogens (tertiary/aromatic N) is 2. The Morgan fingerprint density at radius 2 is 1.75 bits per heavy atom. The molecule has 0 saturated carbocycles. The summed E-state index contributed by atoms with van der Waals surface area (Å²) in [6.07, 6.45) is 0. The number of hydrogen-bond acceptors (Lipinski definition) is 3. The second kappa shape index (κ2) is 7.16. The summed E-state index contributed by atoms with van der Waals surface area (Å²) in [6.45, 7) is 6.27. The van der Waals surface area contributed by atoms with Gasteiger partial charge < -0.3 is 9.73 Å². The Morgan fingerprint density at radius 3 is 2.46 bits per heavy atom. The Morgan fingerprint density at radius 1 is 1.00 bits per heavy atom. The zero-order valence-corrected chi connectivity index (χ0v) is 14.8. The molecule has 0 aliphatic carbocycles. The third kappa shape index (κ3) is 3.83. The average molecular weight is 343 g/mol. The maximum absolute atomic E-state index is 5.95. The van der Waals surface area contributed by atoms with E-state index in [1.807, 2.05) is 55.5 Å². The van der Waals surface area contributed by atoms with Crippen LogP contribution in [0.15, 0.2) is 52.9 Å². The molecule has 0 amide bonds. The van der Waals surface area contributed by atoms with Crippen LogP contribution in [0.5, 0.6) is 0 Å². The first-order chi connectivity index (χ1) is 11.5. The first-order valence-corrected chi connectivity index (χ1v) is 8.41. The van der Waals surface area contributed by atoms with Gasteiger partial charge in [-0.05, 0) is 45.0 Å². The van der Waals surface area contributed by atoms with Crippen molar-refractivity contribution in [3.05, 3.63) is 70.6 Å². The molecule has 0 radical (unpaired) electrons. The van der Waals surface area contributed by atoms with E-state index in [1.165, 1.54) is 11.1 Å². The molecule has 0 bridgehead atoms. The first-order valence-electron chi connectivity index (χ1n) is 8.04. The summed E-state index contributed by atoms with van der Waals surface area (Å²) in [7, 11) is 0. The third-order valence-electron chi connectivity index (χ3n) is 4.07. The number of quaternary nitrogens is 1. The van der Waals surface area contributed by atoms with Crippen molar-refractivity contribution < 1.29 is 9.73 Å². The van der Waals surface area contributed by atoms with Crippen LogP contribution >= 0.6 is 11.6 Å². The van der Waals surface area contributed by atoms with Crippen LogP contribution in [0.2, 0.25) is 5.02 Å². The van der Waals surface area contributed by atoms with Crippen molar-refractivity contribution in [1.29, 1.82) is 0 Å². The van der Waals surface area contributed by atoms with Gasteiger partial charge in [0.25, 0.3) is 5.89 Å². The molecule has 5 heteroatoms. The minimum atomic E-state index is 0.0711. The van der Waals surface area contributed by atoms with Gasteiger partial charge in [-0.25, -0.2) is 0 Å². The van der Waals surface area contributed by atoms with Gasteiger partial charge in [-0.15, -0.1) is 10.2 Å². The second-order valence-corrected chi connectivity index (χ2v) is 6.57. The van der Waals surface area contributed by atoms with Gasteiger partial charge in [0, 0.05) is 16.1 Å². The highest BCUT2D eigenvalue weighted by Crippen LogP contribution is 2.21. The standard InChI is InChI=1S/C19H20ClN3O/c1-12-5-4-6-16(11-12)19-23-22-18(24-19)14(3)21-13(2)15-7-9-17(20)10-8-15/h4-11,13-14,21H,1-3H3/p+1/t13-,14+/m1/s1. The lowest BCUT2D eigenvalue weighted by atomic mass is 10.1. The summed E-state index contributed by atoms with van der Waals surface area (Å²) in [6, 6.07) is 16.3. The molecule has 1 aromatic heterocycles. The van der Waals surface area contributed by atoms with E-state index in [0.717, 1.165) is 10.6 Å². The van der Waals surface area contributed by atoms with Gasteiger partial charge in [-0.1, -0.05) is 41.4 Å². The number of aromatic nitrogens is 2. The molecular formula is C19H21ClN3O+.